The van der Waals surface area contributed by atoms with E-state index in [4.69, 9.17) is 0 Å². The smallest absolute Gasteiger partial charge is 0.137 e. The molecule has 19 heavy (non-hydrogen) atoms. The van der Waals surface area contributed by atoms with Crippen LogP contribution in [0, 0.1) is 0 Å². The highest BCUT2D eigenvalue weighted by molar-refractivity contribution is 5.90. The van der Waals surface area contributed by atoms with E-state index < -0.39 is 0 Å². The molecule has 0 bridgehead atoms. The summed E-state index contributed by atoms with van der Waals surface area (Å²) in [5.41, 5.74) is 3.72. The Hall–Kier alpha value is -2.35. The molecule has 2 aromatic heterocycles. The molecule has 0 saturated heterocycles. The number of allylic oxidation sites excluding steroid dienone is 1. The van der Waals surface area contributed by atoms with Gasteiger partial charge in [-0.2, -0.15) is 0 Å². The third-order valence-electron chi connectivity index (χ3n) is 3.08. The average molecular weight is 248 g/mol. The minimum atomic E-state index is 0.951. The third kappa shape index (κ3) is 2.17. The van der Waals surface area contributed by atoms with Crippen molar-refractivity contribution in [3.05, 3.63) is 66.0 Å². The predicted molar refractivity (Wildman–Crippen MR) is 80.4 cm³/mol. The van der Waals surface area contributed by atoms with Crippen LogP contribution in [0.25, 0.3) is 22.8 Å². The zero-order valence-corrected chi connectivity index (χ0v) is 11.2. The number of fused-ring (bicyclic) bond motifs is 1. The molecule has 0 atom stereocenters. The first-order valence-corrected chi connectivity index (χ1v) is 6.42. The molecule has 94 valence electrons. The van der Waals surface area contributed by atoms with Gasteiger partial charge in [0.05, 0.1) is 5.52 Å². The standard InChI is InChI=1S/C17H16N2/c1-13(2)11-14-12-19(17-9-5-6-10-18-17)16-8-4-3-7-15(14)16/h3-12H,1-2H3. The van der Waals surface area contributed by atoms with E-state index in [-0.39, 0.29) is 0 Å². The fourth-order valence-electron chi connectivity index (χ4n) is 2.32. The van der Waals surface area contributed by atoms with E-state index in [9.17, 15) is 0 Å². The van der Waals surface area contributed by atoms with Crippen LogP contribution in [-0.4, -0.2) is 9.55 Å². The molecule has 0 aliphatic rings. The monoisotopic (exact) mass is 248 g/mol. The van der Waals surface area contributed by atoms with Crippen LogP contribution in [0.5, 0.6) is 0 Å². The Labute approximate surface area is 113 Å². The summed E-state index contributed by atoms with van der Waals surface area (Å²) in [5, 5.41) is 1.26. The molecule has 0 fully saturated rings. The maximum absolute atomic E-state index is 4.43. The minimum absolute atomic E-state index is 0.951. The van der Waals surface area contributed by atoms with Gasteiger partial charge in [0, 0.05) is 23.3 Å². The van der Waals surface area contributed by atoms with Crippen molar-refractivity contribution in [3.8, 4) is 5.82 Å². The molecule has 2 heterocycles. The number of rotatable bonds is 2. The van der Waals surface area contributed by atoms with E-state index in [1.165, 1.54) is 22.0 Å². The van der Waals surface area contributed by atoms with Gasteiger partial charge >= 0.3 is 0 Å². The van der Waals surface area contributed by atoms with E-state index in [0.717, 1.165) is 5.82 Å². The summed E-state index contributed by atoms with van der Waals surface area (Å²) in [7, 11) is 0. The molecule has 0 radical (unpaired) electrons. The van der Waals surface area contributed by atoms with Crippen molar-refractivity contribution in [2.75, 3.05) is 0 Å². The molecule has 0 aliphatic heterocycles. The summed E-state index contributed by atoms with van der Waals surface area (Å²) in [5.74, 6) is 0.951. The highest BCUT2D eigenvalue weighted by Gasteiger charge is 2.07. The topological polar surface area (TPSA) is 17.8 Å². The lowest BCUT2D eigenvalue weighted by molar-refractivity contribution is 1.04. The Bertz CT molecular complexity index is 732. The second-order valence-corrected chi connectivity index (χ2v) is 4.88. The fraction of sp³-hybridized carbons (Fsp3) is 0.118. The molecule has 1 aromatic carbocycles. The second kappa shape index (κ2) is 4.73. The van der Waals surface area contributed by atoms with Crippen molar-refractivity contribution >= 4 is 17.0 Å². The number of hydrogen-bond acceptors (Lipinski definition) is 1. The van der Waals surface area contributed by atoms with Gasteiger partial charge in [0.15, 0.2) is 0 Å². The van der Waals surface area contributed by atoms with Gasteiger partial charge in [0.1, 0.15) is 5.82 Å². The molecule has 0 saturated carbocycles. The van der Waals surface area contributed by atoms with Crippen LogP contribution < -0.4 is 0 Å². The quantitative estimate of drug-likeness (QED) is 0.655. The second-order valence-electron chi connectivity index (χ2n) is 4.88. The van der Waals surface area contributed by atoms with E-state index in [1.54, 1.807) is 0 Å². The molecular weight excluding hydrogens is 232 g/mol. The highest BCUT2D eigenvalue weighted by Crippen LogP contribution is 2.25. The summed E-state index contributed by atoms with van der Waals surface area (Å²) in [6.45, 7) is 4.24. The number of para-hydroxylation sites is 1. The molecule has 0 unspecified atom stereocenters. The molecule has 2 nitrogen and oxygen atoms in total. The number of pyridine rings is 1. The van der Waals surface area contributed by atoms with Crippen LogP contribution in [-0.2, 0) is 0 Å². The normalized spacial score (nSPS) is 10.6. The number of aromatic nitrogens is 2. The van der Waals surface area contributed by atoms with Gasteiger partial charge in [-0.15, -0.1) is 0 Å². The summed E-state index contributed by atoms with van der Waals surface area (Å²) in [6.07, 6.45) is 6.19. The van der Waals surface area contributed by atoms with Gasteiger partial charge in [-0.25, -0.2) is 4.98 Å². The van der Waals surface area contributed by atoms with Crippen molar-refractivity contribution in [2.24, 2.45) is 0 Å². The molecule has 3 aromatic rings. The molecule has 3 rings (SSSR count). The molecule has 2 heteroatoms. The maximum atomic E-state index is 4.43. The van der Waals surface area contributed by atoms with Crippen LogP contribution in [0.3, 0.4) is 0 Å². The molecule has 0 aliphatic carbocycles. The van der Waals surface area contributed by atoms with Crippen molar-refractivity contribution in [2.45, 2.75) is 13.8 Å². The fourth-order valence-corrected chi connectivity index (χ4v) is 2.32. The Morgan fingerprint density at radius 2 is 1.84 bits per heavy atom. The van der Waals surface area contributed by atoms with Gasteiger partial charge in [0.2, 0.25) is 0 Å². The first-order valence-electron chi connectivity index (χ1n) is 6.42. The number of benzene rings is 1. The van der Waals surface area contributed by atoms with Crippen molar-refractivity contribution in [1.82, 2.24) is 9.55 Å². The van der Waals surface area contributed by atoms with Crippen LogP contribution in [0.1, 0.15) is 19.4 Å². The Morgan fingerprint density at radius 3 is 2.58 bits per heavy atom. The lowest BCUT2D eigenvalue weighted by Gasteiger charge is -2.02. The van der Waals surface area contributed by atoms with E-state index in [1.807, 2.05) is 24.4 Å². The largest absolute Gasteiger partial charge is 0.301 e. The minimum Gasteiger partial charge on any atom is -0.301 e. The summed E-state index contributed by atoms with van der Waals surface area (Å²) in [6, 6.07) is 14.4. The lowest BCUT2D eigenvalue weighted by Crippen LogP contribution is -1.93. The van der Waals surface area contributed by atoms with Crippen molar-refractivity contribution in [1.29, 1.82) is 0 Å². The zero-order chi connectivity index (χ0) is 13.2. The Kier molecular flexibility index (Phi) is 2.92. The zero-order valence-electron chi connectivity index (χ0n) is 11.2. The van der Waals surface area contributed by atoms with Crippen LogP contribution in [0.2, 0.25) is 0 Å². The lowest BCUT2D eigenvalue weighted by atomic mass is 10.1. The van der Waals surface area contributed by atoms with Crippen molar-refractivity contribution in [3.63, 3.8) is 0 Å². The molecule has 0 N–H and O–H groups in total. The number of hydrogen-bond donors (Lipinski definition) is 0. The average Bonchev–Trinajstić information content (AvgIpc) is 2.78. The molecule has 0 spiro atoms. The first-order chi connectivity index (χ1) is 9.25. The van der Waals surface area contributed by atoms with Gasteiger partial charge in [-0.05, 0) is 32.0 Å². The highest BCUT2D eigenvalue weighted by atomic mass is 15.0. The maximum Gasteiger partial charge on any atom is 0.137 e. The van der Waals surface area contributed by atoms with Crippen LogP contribution >= 0.6 is 0 Å². The Balaban J connectivity index is 2.29. The van der Waals surface area contributed by atoms with E-state index in [2.05, 4.69) is 59.9 Å². The summed E-state index contributed by atoms with van der Waals surface area (Å²) >= 11 is 0. The first kappa shape index (κ1) is 11.7. The predicted octanol–water partition coefficient (Wildman–Crippen LogP) is 4.45. The van der Waals surface area contributed by atoms with Crippen LogP contribution in [0.15, 0.2) is 60.4 Å². The molecular formula is C17H16N2. The van der Waals surface area contributed by atoms with Crippen LogP contribution in [0.4, 0.5) is 0 Å². The third-order valence-corrected chi connectivity index (χ3v) is 3.08. The van der Waals surface area contributed by atoms with E-state index in [0.29, 0.717) is 0 Å². The van der Waals surface area contributed by atoms with E-state index >= 15 is 0 Å². The van der Waals surface area contributed by atoms with Gasteiger partial charge in [-0.1, -0.05) is 35.9 Å². The molecule has 0 amide bonds. The SMILES string of the molecule is CC(C)=Cc1cn(-c2ccccn2)c2ccccc12. The van der Waals surface area contributed by atoms with Gasteiger partial charge < -0.3 is 4.57 Å². The van der Waals surface area contributed by atoms with Gasteiger partial charge in [0.25, 0.3) is 0 Å². The van der Waals surface area contributed by atoms with Gasteiger partial charge in [-0.3, -0.25) is 0 Å². The summed E-state index contributed by atoms with van der Waals surface area (Å²) in [4.78, 5) is 4.43. The van der Waals surface area contributed by atoms with Crippen molar-refractivity contribution < 1.29 is 0 Å². The Morgan fingerprint density at radius 1 is 1.05 bits per heavy atom. The summed E-state index contributed by atoms with van der Waals surface area (Å²) < 4.78 is 2.14. The number of nitrogens with zero attached hydrogens (tertiary/aromatic N) is 2.